The molecule has 0 aliphatic carbocycles. The van der Waals surface area contributed by atoms with E-state index in [4.69, 9.17) is 9.47 Å². The second-order valence-electron chi connectivity index (χ2n) is 4.80. The average Bonchev–Trinajstić information content (AvgIpc) is 3.12. The number of carbonyl (C=O) groups excluding carboxylic acids is 2. The number of nitrogens with one attached hydrogen (secondary N) is 1. The van der Waals surface area contributed by atoms with E-state index in [1.165, 1.54) is 25.6 Å². The molecule has 1 aromatic carbocycles. The van der Waals surface area contributed by atoms with Gasteiger partial charge in [0, 0.05) is 23.3 Å². The molecule has 0 aliphatic rings. The number of hydrazone groups is 1. The zero-order chi connectivity index (χ0) is 17.4. The van der Waals surface area contributed by atoms with E-state index in [1.54, 1.807) is 24.4 Å². The van der Waals surface area contributed by atoms with Gasteiger partial charge >= 0.3 is 0 Å². The van der Waals surface area contributed by atoms with Crippen molar-refractivity contribution in [2.75, 3.05) is 14.2 Å². The number of hydrogen-bond acceptors (Lipinski definition) is 6. The first-order chi connectivity index (χ1) is 11.6. The van der Waals surface area contributed by atoms with Crippen LogP contribution in [0, 0.1) is 0 Å². The molecule has 1 amide bonds. The monoisotopic (exact) mass is 346 g/mol. The fraction of sp³-hybridized carbons (Fsp3) is 0.235. The maximum absolute atomic E-state index is 12.2. The molecule has 0 saturated carbocycles. The van der Waals surface area contributed by atoms with Crippen LogP contribution in [0.4, 0.5) is 0 Å². The summed E-state index contributed by atoms with van der Waals surface area (Å²) in [6, 6.07) is 8.71. The van der Waals surface area contributed by atoms with Gasteiger partial charge < -0.3 is 9.47 Å². The molecule has 0 bridgehead atoms. The van der Waals surface area contributed by atoms with Gasteiger partial charge in [0.05, 0.1) is 20.4 Å². The summed E-state index contributed by atoms with van der Waals surface area (Å²) in [7, 11) is 3.03. The third kappa shape index (κ3) is 4.92. The molecular formula is C17H18N2O4S. The normalized spacial score (nSPS) is 10.6. The maximum Gasteiger partial charge on any atom is 0.240 e. The van der Waals surface area contributed by atoms with E-state index in [9.17, 15) is 9.59 Å². The Labute approximate surface area is 144 Å². The Kier molecular flexibility index (Phi) is 6.51. The molecule has 6 nitrogen and oxygen atoms in total. The van der Waals surface area contributed by atoms with E-state index < -0.39 is 0 Å². The highest BCUT2D eigenvalue weighted by Crippen LogP contribution is 2.28. The number of ketones is 1. The average molecular weight is 346 g/mol. The number of thiophene rings is 1. The second-order valence-corrected chi connectivity index (χ2v) is 5.78. The zero-order valence-electron chi connectivity index (χ0n) is 13.4. The summed E-state index contributed by atoms with van der Waals surface area (Å²) in [5.41, 5.74) is 2.88. The van der Waals surface area contributed by atoms with Crippen LogP contribution in [0.2, 0.25) is 0 Å². The summed E-state index contributed by atoms with van der Waals surface area (Å²) in [6.07, 6.45) is 1.73. The van der Waals surface area contributed by atoms with Crippen molar-refractivity contribution >= 4 is 29.2 Å². The molecule has 1 N–H and O–H groups in total. The molecule has 0 radical (unpaired) electrons. The highest BCUT2D eigenvalue weighted by atomic mass is 32.1. The van der Waals surface area contributed by atoms with Crippen LogP contribution in [-0.4, -0.2) is 32.1 Å². The molecule has 24 heavy (non-hydrogen) atoms. The smallest absolute Gasteiger partial charge is 0.240 e. The number of benzene rings is 1. The van der Waals surface area contributed by atoms with Crippen LogP contribution < -0.4 is 14.9 Å². The van der Waals surface area contributed by atoms with Crippen LogP contribution in [0.5, 0.6) is 11.5 Å². The van der Waals surface area contributed by atoms with Gasteiger partial charge in [-0.05, 0) is 29.6 Å². The third-order valence-electron chi connectivity index (χ3n) is 3.21. The number of methoxy groups -OCH3 is 2. The SMILES string of the molecule is COc1ccc(C(=O)CCC(=O)N/N=C/c2cccs2)cc1OC. The van der Waals surface area contributed by atoms with E-state index in [0.717, 1.165) is 4.88 Å². The van der Waals surface area contributed by atoms with Crippen LogP contribution in [0.1, 0.15) is 28.1 Å². The quantitative estimate of drug-likeness (QED) is 0.453. The topological polar surface area (TPSA) is 77.0 Å². The highest BCUT2D eigenvalue weighted by molar-refractivity contribution is 7.11. The van der Waals surface area contributed by atoms with Crippen LogP contribution in [0.3, 0.4) is 0 Å². The van der Waals surface area contributed by atoms with Gasteiger partial charge in [0.2, 0.25) is 5.91 Å². The molecule has 0 saturated heterocycles. The van der Waals surface area contributed by atoms with Crippen molar-refractivity contribution in [1.29, 1.82) is 0 Å². The number of nitrogens with zero attached hydrogens (tertiary/aromatic N) is 1. The van der Waals surface area contributed by atoms with E-state index in [-0.39, 0.29) is 24.5 Å². The molecule has 1 heterocycles. The molecular weight excluding hydrogens is 328 g/mol. The van der Waals surface area contributed by atoms with Crippen LogP contribution in [-0.2, 0) is 4.79 Å². The van der Waals surface area contributed by atoms with E-state index in [2.05, 4.69) is 10.5 Å². The Morgan fingerprint density at radius 2 is 1.96 bits per heavy atom. The van der Waals surface area contributed by atoms with Crippen molar-refractivity contribution in [1.82, 2.24) is 5.43 Å². The van der Waals surface area contributed by atoms with Crippen molar-refractivity contribution < 1.29 is 19.1 Å². The van der Waals surface area contributed by atoms with Crippen LogP contribution >= 0.6 is 11.3 Å². The molecule has 2 rings (SSSR count). The minimum atomic E-state index is -0.309. The van der Waals surface area contributed by atoms with Crippen molar-refractivity contribution in [3.63, 3.8) is 0 Å². The van der Waals surface area contributed by atoms with Gasteiger partial charge in [-0.2, -0.15) is 5.10 Å². The molecule has 7 heteroatoms. The first kappa shape index (κ1) is 17.7. The second kappa shape index (κ2) is 8.83. The summed E-state index contributed by atoms with van der Waals surface area (Å²) >= 11 is 1.52. The van der Waals surface area contributed by atoms with Gasteiger partial charge in [0.15, 0.2) is 17.3 Å². The Bertz CT molecular complexity index is 726. The fourth-order valence-corrected chi connectivity index (χ4v) is 2.55. The molecule has 0 aliphatic heterocycles. The van der Waals surface area contributed by atoms with Gasteiger partial charge in [-0.1, -0.05) is 6.07 Å². The minimum absolute atomic E-state index is 0.0644. The van der Waals surface area contributed by atoms with Crippen molar-refractivity contribution in [3.8, 4) is 11.5 Å². The zero-order valence-corrected chi connectivity index (χ0v) is 14.3. The van der Waals surface area contributed by atoms with Crippen LogP contribution in [0.15, 0.2) is 40.8 Å². The predicted octanol–water partition coefficient (Wildman–Crippen LogP) is 2.88. The van der Waals surface area contributed by atoms with Gasteiger partial charge in [-0.25, -0.2) is 5.43 Å². The van der Waals surface area contributed by atoms with Gasteiger partial charge in [-0.15, -0.1) is 11.3 Å². The number of carbonyl (C=O) groups is 2. The van der Waals surface area contributed by atoms with E-state index in [0.29, 0.717) is 17.1 Å². The van der Waals surface area contributed by atoms with Gasteiger partial charge in [0.25, 0.3) is 0 Å². The fourth-order valence-electron chi connectivity index (χ4n) is 1.97. The molecule has 0 atom stereocenters. The predicted molar refractivity (Wildman–Crippen MR) is 93.2 cm³/mol. The Morgan fingerprint density at radius 3 is 2.62 bits per heavy atom. The summed E-state index contributed by atoms with van der Waals surface area (Å²) in [4.78, 5) is 24.8. The van der Waals surface area contributed by atoms with Crippen molar-refractivity contribution in [2.24, 2.45) is 5.10 Å². The van der Waals surface area contributed by atoms with Gasteiger partial charge in [0.1, 0.15) is 0 Å². The maximum atomic E-state index is 12.2. The summed E-state index contributed by atoms with van der Waals surface area (Å²) in [5, 5.41) is 5.77. The number of amides is 1. The highest BCUT2D eigenvalue weighted by Gasteiger charge is 2.12. The third-order valence-corrected chi connectivity index (χ3v) is 4.02. The van der Waals surface area contributed by atoms with Crippen molar-refractivity contribution in [2.45, 2.75) is 12.8 Å². The lowest BCUT2D eigenvalue weighted by molar-refractivity contribution is -0.121. The lowest BCUT2D eigenvalue weighted by Crippen LogP contribution is -2.18. The largest absolute Gasteiger partial charge is 0.493 e. The number of ether oxygens (including phenoxy) is 2. The molecule has 0 fully saturated rings. The first-order valence-electron chi connectivity index (χ1n) is 7.24. The van der Waals surface area contributed by atoms with E-state index in [1.807, 2.05) is 17.5 Å². The van der Waals surface area contributed by atoms with Crippen LogP contribution in [0.25, 0.3) is 0 Å². The molecule has 2 aromatic rings. The number of rotatable bonds is 8. The lowest BCUT2D eigenvalue weighted by Gasteiger charge is -2.08. The summed E-state index contributed by atoms with van der Waals surface area (Å²) in [6.45, 7) is 0. The minimum Gasteiger partial charge on any atom is -0.493 e. The van der Waals surface area contributed by atoms with E-state index >= 15 is 0 Å². The Balaban J connectivity index is 1.85. The first-order valence-corrected chi connectivity index (χ1v) is 8.12. The summed E-state index contributed by atoms with van der Waals surface area (Å²) < 4.78 is 10.3. The Morgan fingerprint density at radius 1 is 1.17 bits per heavy atom. The number of hydrogen-bond donors (Lipinski definition) is 1. The molecule has 1 aromatic heterocycles. The molecule has 0 spiro atoms. The standard InChI is InChI=1S/C17H18N2O4S/c1-22-15-7-5-12(10-16(15)23-2)14(20)6-8-17(21)19-18-11-13-4-3-9-24-13/h3-5,7,9-11H,6,8H2,1-2H3,(H,19,21)/b18-11+. The van der Waals surface area contributed by atoms with Gasteiger partial charge in [-0.3, -0.25) is 9.59 Å². The Hall–Kier alpha value is -2.67. The lowest BCUT2D eigenvalue weighted by atomic mass is 10.1. The molecule has 0 unspecified atom stereocenters. The van der Waals surface area contributed by atoms with Crippen molar-refractivity contribution in [3.05, 3.63) is 46.2 Å². The molecule has 126 valence electrons. The summed E-state index contributed by atoms with van der Waals surface area (Å²) in [5.74, 6) is 0.577. The number of Topliss-reactive ketones (excluding diaryl/α,β-unsaturated/α-hetero) is 1.